The summed E-state index contributed by atoms with van der Waals surface area (Å²) in [6.45, 7) is 6.50. The number of halogens is 3. The fraction of sp³-hybridized carbons (Fsp3) is 0.333. The van der Waals surface area contributed by atoms with Crippen molar-refractivity contribution < 1.29 is 28.0 Å². The smallest absolute Gasteiger partial charge is 0.428 e. The molecule has 1 aromatic rings. The predicted octanol–water partition coefficient (Wildman–Crippen LogP) is 2.44. The van der Waals surface area contributed by atoms with Crippen LogP contribution in [0.1, 0.15) is 20.8 Å². The molecule has 7 heteroatoms. The third-order valence-electron chi connectivity index (χ3n) is 1.53. The fourth-order valence-corrected chi connectivity index (χ4v) is 0.850. The monoisotopic (exact) mass is 276 g/mol. The summed E-state index contributed by atoms with van der Waals surface area (Å²) in [6.07, 6.45) is -2.55. The van der Waals surface area contributed by atoms with Crippen LogP contribution < -0.4 is 10.2 Å². The summed E-state index contributed by atoms with van der Waals surface area (Å²) in [5.41, 5.74) is 0.146. The summed E-state index contributed by atoms with van der Waals surface area (Å²) < 4.78 is 39.6. The first kappa shape index (κ1) is 17.5. The van der Waals surface area contributed by atoms with Crippen LogP contribution in [0.2, 0.25) is 0 Å². The van der Waals surface area contributed by atoms with E-state index in [-0.39, 0.29) is 11.2 Å². The van der Waals surface area contributed by atoms with Crippen LogP contribution >= 0.6 is 0 Å². The lowest BCUT2D eigenvalue weighted by atomic mass is 9.80. The van der Waals surface area contributed by atoms with Gasteiger partial charge in [0.2, 0.25) is 0 Å². The highest BCUT2D eigenvalue weighted by Gasteiger charge is 2.11. The van der Waals surface area contributed by atoms with Gasteiger partial charge < -0.3 is 14.8 Å². The molecule has 0 heterocycles. The fourth-order valence-electron chi connectivity index (χ4n) is 0.850. The summed E-state index contributed by atoms with van der Waals surface area (Å²) in [4.78, 5) is 0. The first-order chi connectivity index (χ1) is 8.73. The second-order valence-electron chi connectivity index (χ2n) is 4.31. The minimum atomic E-state index is -2.55. The molecule has 0 amide bonds. The molecule has 0 radical (unpaired) electrons. The van der Waals surface area contributed by atoms with Crippen molar-refractivity contribution in [3.63, 3.8) is 0 Å². The second kappa shape index (κ2) is 8.60. The topological polar surface area (TPSA) is 49.7 Å². The Hall–Kier alpha value is -1.47. The molecule has 0 fully saturated rings. The van der Waals surface area contributed by atoms with E-state index in [2.05, 4.69) is 25.5 Å². The van der Waals surface area contributed by atoms with Crippen molar-refractivity contribution in [1.82, 2.24) is 0 Å². The maximum atomic E-state index is 12.3. The minimum absolute atomic E-state index is 0.146. The van der Waals surface area contributed by atoms with Crippen molar-refractivity contribution in [1.29, 1.82) is 0 Å². The van der Waals surface area contributed by atoms with Gasteiger partial charge >= 0.3 is 19.2 Å². The second-order valence-corrected chi connectivity index (χ2v) is 4.31. The molecule has 0 aliphatic carbocycles. The molecule has 19 heavy (non-hydrogen) atoms. The standard InChI is InChI=1S/C8H6BF3O3.C4H10/c10-7(11)8(12)15-6-3-1-5(2-4-6)9(13)14;1-4(2)3/h1-4,13-14H;4H,1-3H3. The maximum absolute atomic E-state index is 12.3. The van der Waals surface area contributed by atoms with Crippen LogP contribution in [0.25, 0.3) is 0 Å². The number of rotatable bonds is 3. The Kier molecular flexibility index (Phi) is 7.94. The highest BCUT2D eigenvalue weighted by atomic mass is 19.3. The predicted molar refractivity (Wildman–Crippen MR) is 67.8 cm³/mol. The molecular weight excluding hydrogens is 260 g/mol. The van der Waals surface area contributed by atoms with Crippen LogP contribution in [0.15, 0.2) is 36.4 Å². The first-order valence-electron chi connectivity index (χ1n) is 5.58. The zero-order chi connectivity index (χ0) is 15.0. The summed E-state index contributed by atoms with van der Waals surface area (Å²) in [6, 6.07) is 2.72. The normalized spacial score (nSPS) is 9.53. The molecule has 0 atom stereocenters. The molecule has 0 aliphatic rings. The summed E-state index contributed by atoms with van der Waals surface area (Å²) in [5.74, 6) is 0.671. The average Bonchev–Trinajstić information content (AvgIpc) is 2.28. The molecule has 2 N–H and O–H groups in total. The Bertz CT molecular complexity index is 398. The molecule has 1 rings (SSSR count). The van der Waals surface area contributed by atoms with E-state index in [1.807, 2.05) is 0 Å². The van der Waals surface area contributed by atoms with Crippen LogP contribution in [0, 0.1) is 5.92 Å². The van der Waals surface area contributed by atoms with Gasteiger partial charge in [0.15, 0.2) is 0 Å². The van der Waals surface area contributed by atoms with E-state index in [4.69, 9.17) is 10.0 Å². The van der Waals surface area contributed by atoms with Crippen LogP contribution in [-0.4, -0.2) is 17.2 Å². The molecule has 3 nitrogen and oxygen atoms in total. The van der Waals surface area contributed by atoms with Crippen molar-refractivity contribution in [3.05, 3.63) is 36.4 Å². The van der Waals surface area contributed by atoms with Gasteiger partial charge in [-0.1, -0.05) is 32.9 Å². The molecule has 0 aliphatic heterocycles. The number of benzene rings is 1. The van der Waals surface area contributed by atoms with E-state index in [0.29, 0.717) is 0 Å². The van der Waals surface area contributed by atoms with Gasteiger partial charge in [-0.3, -0.25) is 0 Å². The van der Waals surface area contributed by atoms with E-state index in [1.54, 1.807) is 0 Å². The molecule has 106 valence electrons. The van der Waals surface area contributed by atoms with E-state index in [0.717, 1.165) is 18.1 Å². The van der Waals surface area contributed by atoms with Gasteiger partial charge in [0.05, 0.1) is 0 Å². The highest BCUT2D eigenvalue weighted by molar-refractivity contribution is 6.58. The van der Waals surface area contributed by atoms with Crippen LogP contribution in [0.3, 0.4) is 0 Å². The largest absolute Gasteiger partial charge is 0.488 e. The lowest BCUT2D eigenvalue weighted by Crippen LogP contribution is -2.29. The van der Waals surface area contributed by atoms with Gasteiger partial charge in [-0.2, -0.15) is 13.2 Å². The lowest BCUT2D eigenvalue weighted by molar-refractivity contribution is 0.241. The van der Waals surface area contributed by atoms with Crippen molar-refractivity contribution in [2.24, 2.45) is 5.92 Å². The van der Waals surface area contributed by atoms with Gasteiger partial charge in [-0.25, -0.2) is 0 Å². The lowest BCUT2D eigenvalue weighted by Gasteiger charge is -2.03. The van der Waals surface area contributed by atoms with E-state index < -0.39 is 19.2 Å². The zero-order valence-electron chi connectivity index (χ0n) is 10.9. The number of hydrogen-bond donors (Lipinski definition) is 2. The van der Waals surface area contributed by atoms with E-state index in [9.17, 15) is 13.2 Å². The van der Waals surface area contributed by atoms with Gasteiger partial charge in [0.25, 0.3) is 0 Å². The Labute approximate surface area is 110 Å². The van der Waals surface area contributed by atoms with Gasteiger partial charge in [0.1, 0.15) is 5.75 Å². The Morgan fingerprint density at radius 3 is 1.79 bits per heavy atom. The number of ether oxygens (including phenoxy) is 1. The van der Waals surface area contributed by atoms with Gasteiger partial charge in [-0.15, -0.1) is 0 Å². The molecule has 0 saturated carbocycles. The summed E-state index contributed by atoms with van der Waals surface area (Å²) >= 11 is 0. The summed E-state index contributed by atoms with van der Waals surface area (Å²) in [7, 11) is -1.67. The molecule has 0 bridgehead atoms. The quantitative estimate of drug-likeness (QED) is 0.658. The zero-order valence-corrected chi connectivity index (χ0v) is 10.9. The van der Waals surface area contributed by atoms with Crippen LogP contribution in [0.4, 0.5) is 13.2 Å². The molecule has 0 saturated heterocycles. The SMILES string of the molecule is CC(C)C.OB(O)c1ccc(OC(F)=C(F)F)cc1. The van der Waals surface area contributed by atoms with E-state index >= 15 is 0 Å². The third kappa shape index (κ3) is 8.28. The van der Waals surface area contributed by atoms with Gasteiger partial charge in [-0.05, 0) is 23.5 Å². The molecular formula is C12H16BF3O3. The van der Waals surface area contributed by atoms with E-state index in [1.165, 1.54) is 12.1 Å². The average molecular weight is 276 g/mol. The minimum Gasteiger partial charge on any atom is -0.428 e. The van der Waals surface area contributed by atoms with Crippen molar-refractivity contribution in [3.8, 4) is 5.75 Å². The van der Waals surface area contributed by atoms with Crippen LogP contribution in [0.5, 0.6) is 5.75 Å². The Morgan fingerprint density at radius 1 is 1.05 bits per heavy atom. The van der Waals surface area contributed by atoms with Crippen molar-refractivity contribution >= 4 is 12.6 Å². The number of hydrogen-bond acceptors (Lipinski definition) is 3. The van der Waals surface area contributed by atoms with Crippen molar-refractivity contribution in [2.45, 2.75) is 20.8 Å². The first-order valence-corrected chi connectivity index (χ1v) is 5.58. The van der Waals surface area contributed by atoms with Gasteiger partial charge in [0, 0.05) is 0 Å². The Morgan fingerprint density at radius 2 is 1.47 bits per heavy atom. The molecule has 0 spiro atoms. The third-order valence-corrected chi connectivity index (χ3v) is 1.53. The highest BCUT2D eigenvalue weighted by Crippen LogP contribution is 2.16. The molecule has 1 aromatic carbocycles. The summed E-state index contributed by atoms with van der Waals surface area (Å²) in [5, 5.41) is 17.4. The van der Waals surface area contributed by atoms with Crippen LogP contribution in [-0.2, 0) is 0 Å². The molecule has 0 aromatic heterocycles. The van der Waals surface area contributed by atoms with Crippen molar-refractivity contribution in [2.75, 3.05) is 0 Å². The molecule has 0 unspecified atom stereocenters. The Balaban J connectivity index is 0.000000711. The maximum Gasteiger partial charge on any atom is 0.488 e.